The van der Waals surface area contributed by atoms with Crippen molar-refractivity contribution in [2.75, 3.05) is 19.7 Å². The second kappa shape index (κ2) is 9.07. The van der Waals surface area contributed by atoms with Crippen LogP contribution < -0.4 is 10.1 Å². The van der Waals surface area contributed by atoms with Crippen LogP contribution in [0.4, 0.5) is 0 Å². The Morgan fingerprint density at radius 2 is 2.00 bits per heavy atom. The lowest BCUT2D eigenvalue weighted by molar-refractivity contribution is -0.132. The van der Waals surface area contributed by atoms with Gasteiger partial charge in [0.15, 0.2) is 0 Å². The number of para-hydroxylation sites is 1. The van der Waals surface area contributed by atoms with Crippen molar-refractivity contribution >= 4 is 11.8 Å². The van der Waals surface area contributed by atoms with Crippen LogP contribution in [0.15, 0.2) is 48.8 Å². The summed E-state index contributed by atoms with van der Waals surface area (Å²) in [4.78, 5) is 31.1. The van der Waals surface area contributed by atoms with E-state index in [1.165, 1.54) is 0 Å². The van der Waals surface area contributed by atoms with Gasteiger partial charge >= 0.3 is 0 Å². The van der Waals surface area contributed by atoms with Gasteiger partial charge in [-0.15, -0.1) is 0 Å². The highest BCUT2D eigenvalue weighted by atomic mass is 16.5. The van der Waals surface area contributed by atoms with E-state index in [1.54, 1.807) is 18.5 Å². The molecule has 2 aromatic rings. The zero-order chi connectivity index (χ0) is 20.1. The van der Waals surface area contributed by atoms with E-state index in [0.717, 1.165) is 37.8 Å². The van der Waals surface area contributed by atoms with E-state index < -0.39 is 0 Å². The fourth-order valence-corrected chi connectivity index (χ4v) is 3.70. The first-order chi connectivity index (χ1) is 14.2. The molecule has 2 amide bonds. The largest absolute Gasteiger partial charge is 0.492 e. The molecule has 1 N–H and O–H groups in total. The Hall–Kier alpha value is -2.89. The lowest BCUT2D eigenvalue weighted by atomic mass is 9.98. The number of carbonyl (C=O) groups is 2. The number of nitrogens with one attached hydrogen (secondary N) is 1. The molecule has 1 atom stereocenters. The molecule has 1 aromatic carbocycles. The Labute approximate surface area is 171 Å². The van der Waals surface area contributed by atoms with Gasteiger partial charge in [-0.1, -0.05) is 18.2 Å². The van der Waals surface area contributed by atoms with Crippen LogP contribution >= 0.6 is 0 Å². The molecule has 1 aromatic heterocycles. The molecule has 1 aliphatic heterocycles. The molecule has 0 spiro atoms. The van der Waals surface area contributed by atoms with E-state index in [4.69, 9.17) is 4.74 Å². The number of benzene rings is 1. The smallest absolute Gasteiger partial charge is 0.255 e. The number of piperidine rings is 1. The maximum atomic E-state index is 12.6. The van der Waals surface area contributed by atoms with E-state index in [-0.39, 0.29) is 17.7 Å². The van der Waals surface area contributed by atoms with Gasteiger partial charge in [0.05, 0.1) is 18.6 Å². The van der Waals surface area contributed by atoms with Crippen molar-refractivity contribution in [2.24, 2.45) is 5.92 Å². The van der Waals surface area contributed by atoms with Gasteiger partial charge in [-0.2, -0.15) is 0 Å². The number of carbonyl (C=O) groups excluding carboxylic acids is 2. The molecule has 2 aliphatic rings. The first kappa shape index (κ1) is 19.4. The number of aromatic nitrogens is 1. The predicted octanol–water partition coefficient (Wildman–Crippen LogP) is 2.83. The summed E-state index contributed by atoms with van der Waals surface area (Å²) < 4.78 is 6.04. The van der Waals surface area contributed by atoms with E-state index in [1.807, 2.05) is 35.2 Å². The van der Waals surface area contributed by atoms with Crippen LogP contribution in [-0.4, -0.2) is 47.4 Å². The lowest BCUT2D eigenvalue weighted by Crippen LogP contribution is -2.42. The van der Waals surface area contributed by atoms with Crippen LogP contribution in [0.25, 0.3) is 0 Å². The number of pyridine rings is 1. The number of ether oxygens (including phenoxy) is 1. The Morgan fingerprint density at radius 3 is 2.79 bits per heavy atom. The van der Waals surface area contributed by atoms with Gasteiger partial charge in [0, 0.05) is 37.4 Å². The zero-order valence-electron chi connectivity index (χ0n) is 16.5. The van der Waals surface area contributed by atoms with Crippen LogP contribution in [0.1, 0.15) is 41.6 Å². The van der Waals surface area contributed by atoms with Crippen LogP contribution in [-0.2, 0) is 11.2 Å². The van der Waals surface area contributed by atoms with Crippen molar-refractivity contribution < 1.29 is 14.3 Å². The maximum Gasteiger partial charge on any atom is 0.255 e. The van der Waals surface area contributed by atoms with Crippen LogP contribution in [0.2, 0.25) is 0 Å². The number of nitrogens with zero attached hydrogens (tertiary/aromatic N) is 2. The van der Waals surface area contributed by atoms with Crippen LogP contribution in [0.3, 0.4) is 0 Å². The van der Waals surface area contributed by atoms with E-state index >= 15 is 0 Å². The number of hydrogen-bond donors (Lipinski definition) is 1. The van der Waals surface area contributed by atoms with Crippen molar-refractivity contribution in [1.29, 1.82) is 0 Å². The van der Waals surface area contributed by atoms with Crippen molar-refractivity contribution in [3.63, 3.8) is 0 Å². The molecular formula is C23H27N3O3. The molecule has 1 saturated heterocycles. The molecule has 6 nitrogen and oxygen atoms in total. The molecule has 0 bridgehead atoms. The van der Waals surface area contributed by atoms with E-state index in [2.05, 4.69) is 10.3 Å². The minimum atomic E-state index is -0.0694. The topological polar surface area (TPSA) is 71.5 Å². The second-order valence-electron chi connectivity index (χ2n) is 7.94. The Balaban J connectivity index is 1.32. The summed E-state index contributed by atoms with van der Waals surface area (Å²) in [7, 11) is 0. The highest BCUT2D eigenvalue weighted by molar-refractivity contribution is 5.97. The van der Waals surface area contributed by atoms with Gasteiger partial charge in [0.25, 0.3) is 5.91 Å². The third-order valence-corrected chi connectivity index (χ3v) is 5.47. The van der Waals surface area contributed by atoms with Gasteiger partial charge in [-0.25, -0.2) is 0 Å². The highest BCUT2D eigenvalue weighted by Crippen LogP contribution is 2.24. The first-order valence-corrected chi connectivity index (χ1v) is 10.4. The average Bonchev–Trinajstić information content (AvgIpc) is 3.57. The van der Waals surface area contributed by atoms with Crippen molar-refractivity contribution in [1.82, 2.24) is 15.2 Å². The summed E-state index contributed by atoms with van der Waals surface area (Å²) in [5, 5.41) is 3.02. The molecule has 0 radical (unpaired) electrons. The molecule has 4 rings (SSSR count). The van der Waals surface area contributed by atoms with Gasteiger partial charge < -0.3 is 15.0 Å². The first-order valence-electron chi connectivity index (χ1n) is 10.4. The third kappa shape index (κ3) is 5.34. The Kier molecular flexibility index (Phi) is 6.08. The molecule has 2 heterocycles. The third-order valence-electron chi connectivity index (χ3n) is 5.47. The maximum absolute atomic E-state index is 12.6. The quantitative estimate of drug-likeness (QED) is 0.785. The fourth-order valence-electron chi connectivity index (χ4n) is 3.70. The van der Waals surface area contributed by atoms with Crippen LogP contribution in [0, 0.1) is 5.92 Å². The molecule has 1 aliphatic carbocycles. The van der Waals surface area contributed by atoms with Gasteiger partial charge in [-0.3, -0.25) is 14.6 Å². The average molecular weight is 393 g/mol. The molecular weight excluding hydrogens is 366 g/mol. The summed E-state index contributed by atoms with van der Waals surface area (Å²) in [6, 6.07) is 11.5. The summed E-state index contributed by atoms with van der Waals surface area (Å²) in [6.07, 6.45) is 7.94. The molecule has 6 heteroatoms. The SMILES string of the molecule is O=C(NC1CC1)c1ccccc1OCC1CCCN(C(=O)Cc2cccnc2)C1. The van der Waals surface area contributed by atoms with Gasteiger partial charge in [0.1, 0.15) is 5.75 Å². The fraction of sp³-hybridized carbons (Fsp3) is 0.435. The van der Waals surface area contributed by atoms with Crippen molar-refractivity contribution in [3.05, 3.63) is 59.9 Å². The Bertz CT molecular complexity index is 851. The number of likely N-dealkylation sites (tertiary alicyclic amines) is 1. The standard InChI is InChI=1S/C23H27N3O3/c27-22(13-17-5-3-11-24-14-17)26-12-4-6-18(15-26)16-29-21-8-2-1-7-20(21)23(28)25-19-9-10-19/h1-3,5,7-8,11,14,18-19H,4,6,9-10,12-13,15-16H2,(H,25,28). The summed E-state index contributed by atoms with van der Waals surface area (Å²) >= 11 is 0. The van der Waals surface area contributed by atoms with Crippen LogP contribution in [0.5, 0.6) is 5.75 Å². The van der Waals surface area contributed by atoms with E-state index in [9.17, 15) is 9.59 Å². The second-order valence-corrected chi connectivity index (χ2v) is 7.94. The molecule has 1 saturated carbocycles. The molecule has 2 fully saturated rings. The minimum absolute atomic E-state index is 0.0694. The van der Waals surface area contributed by atoms with Crippen molar-refractivity contribution in [2.45, 2.75) is 38.1 Å². The lowest BCUT2D eigenvalue weighted by Gasteiger charge is -2.33. The molecule has 29 heavy (non-hydrogen) atoms. The molecule has 1 unspecified atom stereocenters. The summed E-state index contributed by atoms with van der Waals surface area (Å²) in [6.45, 7) is 1.98. The summed E-state index contributed by atoms with van der Waals surface area (Å²) in [5.74, 6) is 0.942. The van der Waals surface area contributed by atoms with Crippen molar-refractivity contribution in [3.8, 4) is 5.75 Å². The summed E-state index contributed by atoms with van der Waals surface area (Å²) in [5.41, 5.74) is 1.52. The normalized spacial score (nSPS) is 18.9. The predicted molar refractivity (Wildman–Crippen MR) is 110 cm³/mol. The monoisotopic (exact) mass is 393 g/mol. The molecule has 152 valence electrons. The Morgan fingerprint density at radius 1 is 1.14 bits per heavy atom. The number of hydrogen-bond acceptors (Lipinski definition) is 4. The van der Waals surface area contributed by atoms with E-state index in [0.29, 0.717) is 36.9 Å². The van der Waals surface area contributed by atoms with Gasteiger partial charge in [-0.05, 0) is 49.4 Å². The minimum Gasteiger partial charge on any atom is -0.492 e. The zero-order valence-corrected chi connectivity index (χ0v) is 16.5. The number of amides is 2. The van der Waals surface area contributed by atoms with Gasteiger partial charge in [0.2, 0.25) is 5.91 Å². The highest BCUT2D eigenvalue weighted by Gasteiger charge is 2.26. The number of rotatable bonds is 7.